The lowest BCUT2D eigenvalue weighted by Gasteiger charge is -2.11. The zero-order chi connectivity index (χ0) is 15.5. The van der Waals surface area contributed by atoms with Gasteiger partial charge in [0, 0.05) is 15.9 Å². The number of aryl methyl sites for hydroxylation is 1. The van der Waals surface area contributed by atoms with Crippen molar-refractivity contribution >= 4 is 37.3 Å². The third kappa shape index (κ3) is 3.85. The van der Waals surface area contributed by atoms with Crippen molar-refractivity contribution < 1.29 is 13.2 Å². The van der Waals surface area contributed by atoms with Gasteiger partial charge in [-0.2, -0.15) is 0 Å². The predicted octanol–water partition coefficient (Wildman–Crippen LogP) is 3.56. The molecule has 0 aliphatic rings. The number of methoxy groups -OCH3 is 1. The Morgan fingerprint density at radius 2 is 2.10 bits per heavy atom. The van der Waals surface area contributed by atoms with Crippen molar-refractivity contribution in [2.75, 3.05) is 7.11 Å². The zero-order valence-corrected chi connectivity index (χ0v) is 14.9. The molecule has 0 atom stereocenters. The molecule has 4 nitrogen and oxygen atoms in total. The van der Waals surface area contributed by atoms with Crippen LogP contribution >= 0.6 is 27.3 Å². The Hall–Kier alpha value is -0.890. The number of rotatable bonds is 6. The summed E-state index contributed by atoms with van der Waals surface area (Å²) < 4.78 is 33.4. The topological polar surface area (TPSA) is 55.4 Å². The fourth-order valence-electron chi connectivity index (χ4n) is 1.94. The molecule has 1 aromatic heterocycles. The lowest BCUT2D eigenvalue weighted by atomic mass is 10.2. The van der Waals surface area contributed by atoms with Gasteiger partial charge < -0.3 is 4.74 Å². The Morgan fingerprint density at radius 1 is 1.33 bits per heavy atom. The van der Waals surface area contributed by atoms with Gasteiger partial charge in [-0.3, -0.25) is 0 Å². The van der Waals surface area contributed by atoms with Crippen molar-refractivity contribution in [1.29, 1.82) is 0 Å². The molecule has 0 aliphatic heterocycles. The number of nitrogens with one attached hydrogen (secondary N) is 1. The molecule has 114 valence electrons. The minimum absolute atomic E-state index is 0.133. The summed E-state index contributed by atoms with van der Waals surface area (Å²) in [5, 5.41) is 1.97. The van der Waals surface area contributed by atoms with E-state index in [1.165, 1.54) is 18.7 Å². The molecule has 1 aromatic carbocycles. The van der Waals surface area contributed by atoms with E-state index in [0.29, 0.717) is 16.8 Å². The second-order valence-corrected chi connectivity index (χ2v) is 7.99. The van der Waals surface area contributed by atoms with Gasteiger partial charge in [-0.15, -0.1) is 11.3 Å². The van der Waals surface area contributed by atoms with Crippen molar-refractivity contribution in [3.63, 3.8) is 0 Å². The Labute approximate surface area is 137 Å². The highest BCUT2D eigenvalue weighted by Crippen LogP contribution is 2.27. The lowest BCUT2D eigenvalue weighted by Crippen LogP contribution is -2.23. The molecule has 0 saturated carbocycles. The van der Waals surface area contributed by atoms with Crippen molar-refractivity contribution in [1.82, 2.24) is 4.72 Å². The third-order valence-corrected chi connectivity index (χ3v) is 5.94. The summed E-state index contributed by atoms with van der Waals surface area (Å²) in [5.41, 5.74) is 1.17. The molecule has 0 saturated heterocycles. The molecule has 0 unspecified atom stereocenters. The summed E-state index contributed by atoms with van der Waals surface area (Å²) in [7, 11) is -2.17. The van der Waals surface area contributed by atoms with Crippen LogP contribution in [0.5, 0.6) is 5.75 Å². The lowest BCUT2D eigenvalue weighted by molar-refractivity contribution is 0.402. The van der Waals surface area contributed by atoms with Crippen molar-refractivity contribution in [3.05, 3.63) is 44.6 Å². The highest BCUT2D eigenvalue weighted by atomic mass is 79.9. The Balaban J connectivity index is 2.25. The fraction of sp³-hybridized carbons (Fsp3) is 0.286. The van der Waals surface area contributed by atoms with Crippen molar-refractivity contribution in [2.24, 2.45) is 0 Å². The maximum Gasteiger partial charge on any atom is 0.244 e. The number of thiophene rings is 1. The predicted molar refractivity (Wildman–Crippen MR) is 88.4 cm³/mol. The van der Waals surface area contributed by atoms with Crippen LogP contribution in [-0.2, 0) is 23.0 Å². The first-order valence-electron chi connectivity index (χ1n) is 6.36. The van der Waals surface area contributed by atoms with E-state index in [1.807, 2.05) is 11.4 Å². The smallest absolute Gasteiger partial charge is 0.244 e. The van der Waals surface area contributed by atoms with Crippen LogP contribution in [0.25, 0.3) is 0 Å². The molecule has 0 spiro atoms. The molecule has 0 radical (unpaired) electrons. The number of benzene rings is 1. The standard InChI is InChI=1S/C14H16BrNO3S2/c1-3-10-6-7-20-13(10)9-16-21(17,18)14-8-11(15)4-5-12(14)19-2/h4-8,16H,3,9H2,1-2H3. The Kier molecular flexibility index (Phi) is 5.43. The number of hydrogen-bond acceptors (Lipinski definition) is 4. The summed E-state index contributed by atoms with van der Waals surface area (Å²) in [4.78, 5) is 1.17. The monoisotopic (exact) mass is 389 g/mol. The van der Waals surface area contributed by atoms with E-state index in [2.05, 4.69) is 27.6 Å². The number of ether oxygens (including phenoxy) is 1. The summed E-state index contributed by atoms with van der Waals surface area (Å²) >= 11 is 4.84. The van der Waals surface area contributed by atoms with E-state index in [1.54, 1.807) is 23.5 Å². The number of sulfonamides is 1. The molecule has 0 aliphatic carbocycles. The average Bonchev–Trinajstić information content (AvgIpc) is 2.92. The minimum Gasteiger partial charge on any atom is -0.495 e. The molecule has 7 heteroatoms. The number of halogens is 1. The third-order valence-electron chi connectivity index (χ3n) is 3.06. The largest absolute Gasteiger partial charge is 0.495 e. The molecule has 0 bridgehead atoms. The average molecular weight is 390 g/mol. The van der Waals surface area contributed by atoms with Crippen LogP contribution in [0.3, 0.4) is 0 Å². The van der Waals surface area contributed by atoms with Crippen LogP contribution in [0, 0.1) is 0 Å². The van der Waals surface area contributed by atoms with Crippen LogP contribution in [0.2, 0.25) is 0 Å². The zero-order valence-electron chi connectivity index (χ0n) is 11.7. The summed E-state index contributed by atoms with van der Waals surface area (Å²) in [5.74, 6) is 0.326. The van der Waals surface area contributed by atoms with E-state index in [4.69, 9.17) is 4.74 Å². The van der Waals surface area contributed by atoms with Gasteiger partial charge in [-0.1, -0.05) is 22.9 Å². The molecule has 0 fully saturated rings. The van der Waals surface area contributed by atoms with Gasteiger partial charge in [-0.25, -0.2) is 13.1 Å². The van der Waals surface area contributed by atoms with E-state index < -0.39 is 10.0 Å². The first kappa shape index (κ1) is 16.5. The second kappa shape index (κ2) is 6.91. The van der Waals surface area contributed by atoms with Crippen LogP contribution in [0.15, 0.2) is 39.0 Å². The van der Waals surface area contributed by atoms with E-state index in [-0.39, 0.29) is 4.90 Å². The van der Waals surface area contributed by atoms with Gasteiger partial charge in [0.2, 0.25) is 10.0 Å². The molecule has 21 heavy (non-hydrogen) atoms. The fourth-order valence-corrected chi connectivity index (χ4v) is 4.64. The Morgan fingerprint density at radius 3 is 2.76 bits per heavy atom. The Bertz CT molecular complexity index is 726. The molecule has 2 aromatic rings. The van der Waals surface area contributed by atoms with Gasteiger partial charge in [0.25, 0.3) is 0 Å². The highest BCUT2D eigenvalue weighted by Gasteiger charge is 2.20. The maximum atomic E-state index is 12.5. The van der Waals surface area contributed by atoms with Gasteiger partial charge in [0.1, 0.15) is 10.6 Å². The summed E-state index contributed by atoms with van der Waals surface area (Å²) in [6.07, 6.45) is 0.890. The van der Waals surface area contributed by atoms with Crippen LogP contribution in [-0.4, -0.2) is 15.5 Å². The normalized spacial score (nSPS) is 11.6. The molecule has 0 amide bonds. The summed E-state index contributed by atoms with van der Waals surface area (Å²) in [6, 6.07) is 6.93. The van der Waals surface area contributed by atoms with Gasteiger partial charge in [0.05, 0.1) is 7.11 Å². The summed E-state index contributed by atoms with van der Waals surface area (Å²) in [6.45, 7) is 2.34. The second-order valence-electron chi connectivity index (χ2n) is 4.34. The SMILES string of the molecule is CCc1ccsc1CNS(=O)(=O)c1cc(Br)ccc1OC. The molecular formula is C14H16BrNO3S2. The van der Waals surface area contributed by atoms with Gasteiger partial charge >= 0.3 is 0 Å². The van der Waals surface area contributed by atoms with E-state index >= 15 is 0 Å². The first-order valence-corrected chi connectivity index (χ1v) is 9.52. The highest BCUT2D eigenvalue weighted by molar-refractivity contribution is 9.10. The van der Waals surface area contributed by atoms with Crippen LogP contribution < -0.4 is 9.46 Å². The van der Waals surface area contributed by atoms with E-state index in [9.17, 15) is 8.42 Å². The van der Waals surface area contributed by atoms with Gasteiger partial charge in [0.15, 0.2) is 0 Å². The van der Waals surface area contributed by atoms with Crippen LogP contribution in [0.1, 0.15) is 17.4 Å². The first-order chi connectivity index (χ1) is 9.97. The quantitative estimate of drug-likeness (QED) is 0.821. The molecular weight excluding hydrogens is 374 g/mol. The maximum absolute atomic E-state index is 12.5. The molecule has 1 heterocycles. The van der Waals surface area contributed by atoms with Gasteiger partial charge in [-0.05, 0) is 41.6 Å². The van der Waals surface area contributed by atoms with Crippen molar-refractivity contribution in [2.45, 2.75) is 24.8 Å². The number of hydrogen-bond donors (Lipinski definition) is 1. The van der Waals surface area contributed by atoms with Crippen LogP contribution in [0.4, 0.5) is 0 Å². The van der Waals surface area contributed by atoms with Crippen molar-refractivity contribution in [3.8, 4) is 5.75 Å². The molecule has 1 N–H and O–H groups in total. The molecule has 2 rings (SSSR count). The minimum atomic E-state index is -3.62. The van der Waals surface area contributed by atoms with E-state index in [0.717, 1.165) is 11.3 Å².